The molecule has 5 heteroatoms. The zero-order chi connectivity index (χ0) is 38.2. The average Bonchev–Trinajstić information content (AvgIpc) is 3.15. The number of hydrogen-bond acceptors (Lipinski definition) is 5. The van der Waals surface area contributed by atoms with Gasteiger partial charge in [0.2, 0.25) is 0 Å². The maximum Gasteiger partial charge on any atom is 0.343 e. The van der Waals surface area contributed by atoms with Crippen LogP contribution in [0.1, 0.15) is 151 Å². The molecule has 0 N–H and O–H groups in total. The Balaban J connectivity index is 1.25. The Labute approximate surface area is 318 Å². The van der Waals surface area contributed by atoms with E-state index in [0.717, 1.165) is 38.5 Å². The molecule has 0 radical (unpaired) electrons. The third-order valence-electron chi connectivity index (χ3n) is 11.8. The molecule has 0 aromatic heterocycles. The highest BCUT2D eigenvalue weighted by Crippen LogP contribution is 2.49. The van der Waals surface area contributed by atoms with E-state index >= 15 is 0 Å². The fraction of sp³-hybridized carbons (Fsp3) is 0.458. The van der Waals surface area contributed by atoms with Gasteiger partial charge in [0.25, 0.3) is 0 Å². The first kappa shape index (κ1) is 39.8. The summed E-state index contributed by atoms with van der Waals surface area (Å²) in [4.78, 5) is 25.9. The molecule has 1 aliphatic carbocycles. The van der Waals surface area contributed by atoms with E-state index in [0.29, 0.717) is 40.2 Å². The molecule has 282 valence electrons. The molecule has 0 saturated heterocycles. The van der Waals surface area contributed by atoms with Gasteiger partial charge in [0.05, 0.1) is 11.1 Å². The second-order valence-electron chi connectivity index (χ2n) is 16.2. The highest BCUT2D eigenvalue weighted by molar-refractivity contribution is 5.91. The first-order valence-electron chi connectivity index (χ1n) is 19.9. The van der Waals surface area contributed by atoms with E-state index in [1.165, 1.54) is 36.0 Å². The normalized spacial score (nSPS) is 20.8. The fourth-order valence-electron chi connectivity index (χ4n) is 8.61. The van der Waals surface area contributed by atoms with Crippen molar-refractivity contribution in [3.8, 4) is 17.2 Å². The Morgan fingerprint density at radius 1 is 0.623 bits per heavy atom. The molecule has 1 aliphatic rings. The minimum absolute atomic E-state index is 0.0872. The third kappa shape index (κ3) is 9.41. The largest absolute Gasteiger partial charge is 0.457 e. The van der Waals surface area contributed by atoms with Crippen molar-refractivity contribution >= 4 is 11.9 Å². The molecule has 5 rings (SSSR count). The predicted octanol–water partition coefficient (Wildman–Crippen LogP) is 13.0. The van der Waals surface area contributed by atoms with Gasteiger partial charge in [-0.25, -0.2) is 9.59 Å². The fourth-order valence-corrected chi connectivity index (χ4v) is 8.61. The molecule has 4 atom stereocenters. The molecule has 0 aliphatic heterocycles. The molecule has 4 unspecified atom stereocenters. The monoisotopic (exact) mass is 716 g/mol. The summed E-state index contributed by atoms with van der Waals surface area (Å²) >= 11 is 0. The number of esters is 2. The zero-order valence-corrected chi connectivity index (χ0v) is 33.3. The van der Waals surface area contributed by atoms with Crippen molar-refractivity contribution in [2.24, 2.45) is 11.8 Å². The Morgan fingerprint density at radius 3 is 1.57 bits per heavy atom. The lowest BCUT2D eigenvalue weighted by molar-refractivity contribution is -0.0156. The van der Waals surface area contributed by atoms with Crippen LogP contribution in [-0.2, 0) is 15.6 Å². The molecule has 0 bridgehead atoms. The second-order valence-corrected chi connectivity index (χ2v) is 16.2. The van der Waals surface area contributed by atoms with E-state index in [4.69, 9.17) is 14.2 Å². The number of carbonyl (C=O) groups excluding carboxylic acids is 2. The van der Waals surface area contributed by atoms with Crippen molar-refractivity contribution in [2.45, 2.75) is 130 Å². The summed E-state index contributed by atoms with van der Waals surface area (Å²) in [6, 6.07) is 31.5. The van der Waals surface area contributed by atoms with Crippen LogP contribution in [-0.4, -0.2) is 17.5 Å². The van der Waals surface area contributed by atoms with E-state index in [-0.39, 0.29) is 16.8 Å². The van der Waals surface area contributed by atoms with Gasteiger partial charge in [-0.05, 0) is 146 Å². The summed E-state index contributed by atoms with van der Waals surface area (Å²) in [5, 5.41) is 0. The topological polar surface area (TPSA) is 61.8 Å². The van der Waals surface area contributed by atoms with Gasteiger partial charge in [0.1, 0.15) is 22.8 Å². The highest BCUT2D eigenvalue weighted by Gasteiger charge is 2.41. The van der Waals surface area contributed by atoms with Crippen LogP contribution in [0.15, 0.2) is 97.1 Å². The maximum absolute atomic E-state index is 13.2. The molecule has 1 fully saturated rings. The van der Waals surface area contributed by atoms with Gasteiger partial charge >= 0.3 is 11.9 Å². The van der Waals surface area contributed by atoms with E-state index in [9.17, 15) is 9.59 Å². The summed E-state index contributed by atoms with van der Waals surface area (Å²) in [6.45, 7) is 17.8. The van der Waals surface area contributed by atoms with E-state index in [2.05, 4.69) is 77.9 Å². The Kier molecular flexibility index (Phi) is 12.9. The smallest absolute Gasteiger partial charge is 0.343 e. The molecule has 0 spiro atoms. The summed E-state index contributed by atoms with van der Waals surface area (Å²) in [5.74, 6) is 2.13. The number of rotatable bonds is 15. The van der Waals surface area contributed by atoms with Crippen molar-refractivity contribution in [1.29, 1.82) is 0 Å². The Bertz CT molecular complexity index is 1780. The van der Waals surface area contributed by atoms with Crippen LogP contribution in [0.3, 0.4) is 0 Å². The van der Waals surface area contributed by atoms with Gasteiger partial charge in [-0.3, -0.25) is 0 Å². The molecule has 53 heavy (non-hydrogen) atoms. The molecule has 0 amide bonds. The van der Waals surface area contributed by atoms with Gasteiger partial charge in [-0.1, -0.05) is 97.7 Å². The molecule has 1 saturated carbocycles. The summed E-state index contributed by atoms with van der Waals surface area (Å²) in [7, 11) is 0. The van der Waals surface area contributed by atoms with Gasteiger partial charge in [-0.15, -0.1) is 0 Å². The predicted molar refractivity (Wildman–Crippen MR) is 215 cm³/mol. The maximum atomic E-state index is 13.2. The summed E-state index contributed by atoms with van der Waals surface area (Å²) < 4.78 is 17.6. The Morgan fingerprint density at radius 2 is 1.09 bits per heavy atom. The first-order chi connectivity index (χ1) is 25.4. The molecule has 4 aromatic rings. The van der Waals surface area contributed by atoms with Gasteiger partial charge in [0, 0.05) is 5.41 Å². The standard InChI is InChI=1S/C48H60O5/c1-9-29-46(7,11-3)38-17-19-39(20-18-38)48(32-34(5)31-35(6)33-48)40-21-27-43(28-22-40)52-44(49)36-13-23-41(24-14-36)51-42-25-15-37(16-26-42)45(50)53-47(8,12-4)30-10-2/h13-28,34-35H,9-12,29-33H2,1-8H3. The van der Waals surface area contributed by atoms with Crippen molar-refractivity contribution in [3.63, 3.8) is 0 Å². The van der Waals surface area contributed by atoms with Crippen LogP contribution in [0.2, 0.25) is 0 Å². The lowest BCUT2D eigenvalue weighted by atomic mass is 9.60. The molecular weight excluding hydrogens is 657 g/mol. The lowest BCUT2D eigenvalue weighted by Gasteiger charge is -2.44. The molecular formula is C48H60O5. The van der Waals surface area contributed by atoms with Gasteiger partial charge in [-0.2, -0.15) is 0 Å². The molecule has 0 heterocycles. The van der Waals surface area contributed by atoms with Crippen molar-refractivity contribution in [3.05, 3.63) is 125 Å². The van der Waals surface area contributed by atoms with Crippen LogP contribution >= 0.6 is 0 Å². The minimum atomic E-state index is -0.471. The minimum Gasteiger partial charge on any atom is -0.457 e. The third-order valence-corrected chi connectivity index (χ3v) is 11.8. The van der Waals surface area contributed by atoms with E-state index in [1.54, 1.807) is 48.5 Å². The quantitative estimate of drug-likeness (QED) is 0.0905. The van der Waals surface area contributed by atoms with E-state index < -0.39 is 11.6 Å². The van der Waals surface area contributed by atoms with Gasteiger partial charge < -0.3 is 14.2 Å². The SMILES string of the molecule is CCCC(C)(CC)OC(=O)c1ccc(Oc2ccc(C(=O)Oc3ccc(C4(c5ccc(C(C)(CC)CCC)cc5)CC(C)CC(C)C4)cc3)cc2)cc1. The average molecular weight is 717 g/mol. The van der Waals surface area contributed by atoms with Gasteiger partial charge in [0.15, 0.2) is 0 Å². The zero-order valence-electron chi connectivity index (χ0n) is 33.3. The number of carbonyl (C=O) groups is 2. The van der Waals surface area contributed by atoms with Crippen LogP contribution in [0.5, 0.6) is 17.2 Å². The number of ether oxygens (including phenoxy) is 3. The summed E-state index contributed by atoms with van der Waals surface area (Å²) in [5.41, 5.74) is 4.63. The second kappa shape index (κ2) is 17.2. The van der Waals surface area contributed by atoms with Crippen molar-refractivity contribution < 1.29 is 23.8 Å². The first-order valence-corrected chi connectivity index (χ1v) is 19.9. The van der Waals surface area contributed by atoms with E-state index in [1.807, 2.05) is 26.0 Å². The van der Waals surface area contributed by atoms with Crippen LogP contribution in [0.25, 0.3) is 0 Å². The molecule has 5 nitrogen and oxygen atoms in total. The highest BCUT2D eigenvalue weighted by atomic mass is 16.6. The van der Waals surface area contributed by atoms with Crippen molar-refractivity contribution in [2.75, 3.05) is 0 Å². The van der Waals surface area contributed by atoms with Crippen molar-refractivity contribution in [1.82, 2.24) is 0 Å². The number of hydrogen-bond donors (Lipinski definition) is 0. The molecule has 4 aromatic carbocycles. The van der Waals surface area contributed by atoms with Crippen LogP contribution in [0.4, 0.5) is 0 Å². The Hall–Kier alpha value is -4.38. The summed E-state index contributed by atoms with van der Waals surface area (Å²) in [6.07, 6.45) is 9.45. The van der Waals surface area contributed by atoms with Crippen LogP contribution < -0.4 is 9.47 Å². The number of benzene rings is 4. The lowest BCUT2D eigenvalue weighted by Crippen LogP contribution is -2.37. The van der Waals surface area contributed by atoms with Crippen LogP contribution in [0, 0.1) is 11.8 Å².